The van der Waals surface area contributed by atoms with Gasteiger partial charge in [-0.3, -0.25) is 20.3 Å². The zero-order chi connectivity index (χ0) is 26.2. The van der Waals surface area contributed by atoms with Gasteiger partial charge in [-0.15, -0.1) is 0 Å². The fourth-order valence-electron chi connectivity index (χ4n) is 5.79. The van der Waals surface area contributed by atoms with Crippen LogP contribution in [0, 0.1) is 11.3 Å². The zero-order valence-corrected chi connectivity index (χ0v) is 22.0. The van der Waals surface area contributed by atoms with Crippen molar-refractivity contribution in [2.45, 2.75) is 76.4 Å². The van der Waals surface area contributed by atoms with E-state index in [-0.39, 0.29) is 29.9 Å². The van der Waals surface area contributed by atoms with Crippen molar-refractivity contribution < 1.29 is 9.59 Å². The zero-order valence-electron chi connectivity index (χ0n) is 22.0. The molecule has 2 amide bonds. The molecule has 8 nitrogen and oxygen atoms in total. The summed E-state index contributed by atoms with van der Waals surface area (Å²) in [5, 5.41) is 19.6. The van der Waals surface area contributed by atoms with Crippen molar-refractivity contribution in [2.24, 2.45) is 11.7 Å². The van der Waals surface area contributed by atoms with Gasteiger partial charge in [0, 0.05) is 25.7 Å². The van der Waals surface area contributed by atoms with Crippen LogP contribution < -0.4 is 21.7 Å². The van der Waals surface area contributed by atoms with Gasteiger partial charge in [-0.2, -0.15) is 0 Å². The number of nitrogens with zero attached hydrogens (tertiary/aromatic N) is 1. The maximum absolute atomic E-state index is 13.7. The first-order valence-corrected chi connectivity index (χ1v) is 13.8. The standard InChI is InChI=1S/C29H42N6O2/c1-2-25(34-29(30)31)27-28(37)35(19-20-8-4-3-5-9-20)15-14-24(33-27)18-32-26(36)17-21-12-13-22-10-6-7-11-23(22)16-21/h6-7,10-13,16,20,24-25,27,33H,2-5,8-9,14-15,17-19H2,1H3,(H,32,36)(H4,30,31,34)/t24-,25?,27+/m0/s1. The molecule has 37 heavy (non-hydrogen) atoms. The van der Waals surface area contributed by atoms with E-state index in [1.165, 1.54) is 32.1 Å². The Balaban J connectivity index is 1.40. The van der Waals surface area contributed by atoms with Gasteiger partial charge in [0.1, 0.15) is 6.04 Å². The summed E-state index contributed by atoms with van der Waals surface area (Å²) in [6, 6.07) is 13.4. The summed E-state index contributed by atoms with van der Waals surface area (Å²) in [5.41, 5.74) is 6.63. The Morgan fingerprint density at radius 1 is 1.14 bits per heavy atom. The molecule has 1 saturated carbocycles. The summed E-state index contributed by atoms with van der Waals surface area (Å²) in [6.07, 6.45) is 7.86. The van der Waals surface area contributed by atoms with Crippen LogP contribution >= 0.6 is 0 Å². The average molecular weight is 507 g/mol. The van der Waals surface area contributed by atoms with Crippen LogP contribution in [-0.2, 0) is 16.0 Å². The fourth-order valence-corrected chi connectivity index (χ4v) is 5.79. The lowest BCUT2D eigenvalue weighted by molar-refractivity contribution is -0.134. The summed E-state index contributed by atoms with van der Waals surface area (Å²) in [4.78, 5) is 28.5. The van der Waals surface area contributed by atoms with E-state index in [4.69, 9.17) is 11.1 Å². The van der Waals surface area contributed by atoms with Crippen molar-refractivity contribution in [3.05, 3.63) is 48.0 Å². The van der Waals surface area contributed by atoms with Gasteiger partial charge < -0.3 is 21.3 Å². The third-order valence-corrected chi connectivity index (χ3v) is 7.85. The van der Waals surface area contributed by atoms with Crippen molar-refractivity contribution in [3.63, 3.8) is 0 Å². The molecule has 4 rings (SSSR count). The van der Waals surface area contributed by atoms with Gasteiger partial charge in [0.05, 0.1) is 12.5 Å². The lowest BCUT2D eigenvalue weighted by Gasteiger charge is -2.33. The Morgan fingerprint density at radius 3 is 2.62 bits per heavy atom. The number of fused-ring (bicyclic) bond motifs is 1. The maximum atomic E-state index is 13.7. The van der Waals surface area contributed by atoms with Gasteiger partial charge in [-0.1, -0.05) is 68.7 Å². The Morgan fingerprint density at radius 2 is 1.89 bits per heavy atom. The van der Waals surface area contributed by atoms with Crippen molar-refractivity contribution in [3.8, 4) is 0 Å². The number of nitrogens with one attached hydrogen (secondary N) is 4. The Hall–Kier alpha value is -3.13. The molecule has 200 valence electrons. The van der Waals surface area contributed by atoms with E-state index in [1.54, 1.807) is 0 Å². The first-order chi connectivity index (χ1) is 17.9. The smallest absolute Gasteiger partial charge is 0.241 e. The van der Waals surface area contributed by atoms with Crippen molar-refractivity contribution >= 4 is 28.5 Å². The molecular weight excluding hydrogens is 464 g/mol. The summed E-state index contributed by atoms with van der Waals surface area (Å²) in [6.45, 7) is 3.89. The minimum Gasteiger partial charge on any atom is -0.370 e. The fraction of sp³-hybridized carbons (Fsp3) is 0.552. The topological polar surface area (TPSA) is 123 Å². The van der Waals surface area contributed by atoms with Crippen LogP contribution in [0.25, 0.3) is 10.8 Å². The van der Waals surface area contributed by atoms with E-state index in [0.29, 0.717) is 31.8 Å². The van der Waals surface area contributed by atoms with Crippen LogP contribution in [0.3, 0.4) is 0 Å². The van der Waals surface area contributed by atoms with E-state index in [9.17, 15) is 9.59 Å². The Bertz CT molecular complexity index is 1080. The number of amides is 2. The van der Waals surface area contributed by atoms with Gasteiger partial charge in [0.2, 0.25) is 11.8 Å². The number of carbonyl (C=O) groups is 2. The quantitative estimate of drug-likeness (QED) is 0.264. The number of carbonyl (C=O) groups excluding carboxylic acids is 2. The van der Waals surface area contributed by atoms with Gasteiger partial charge in [-0.05, 0) is 47.9 Å². The largest absolute Gasteiger partial charge is 0.370 e. The molecule has 0 spiro atoms. The first-order valence-electron chi connectivity index (χ1n) is 13.8. The third kappa shape index (κ3) is 7.44. The second kappa shape index (κ2) is 12.9. The molecule has 3 atom stereocenters. The Labute approximate surface area is 220 Å². The second-order valence-electron chi connectivity index (χ2n) is 10.7. The molecule has 1 aliphatic carbocycles. The van der Waals surface area contributed by atoms with Gasteiger partial charge in [-0.25, -0.2) is 0 Å². The van der Waals surface area contributed by atoms with Crippen molar-refractivity contribution in [2.75, 3.05) is 19.6 Å². The SMILES string of the molecule is CCC(NC(=N)N)[C@H]1N[C@H](CNC(=O)Cc2ccc3ccccc3c2)CCN(CC2CCCCC2)C1=O. The molecule has 0 bridgehead atoms. The van der Waals surface area contributed by atoms with Crippen LogP contribution in [-0.4, -0.2) is 60.4 Å². The molecule has 8 heteroatoms. The summed E-state index contributed by atoms with van der Waals surface area (Å²) in [7, 11) is 0. The monoisotopic (exact) mass is 506 g/mol. The average Bonchev–Trinajstić information content (AvgIpc) is 3.05. The van der Waals surface area contributed by atoms with E-state index in [0.717, 1.165) is 29.3 Å². The van der Waals surface area contributed by atoms with Crippen LogP contribution in [0.1, 0.15) is 57.4 Å². The molecule has 2 aromatic rings. The van der Waals surface area contributed by atoms with Crippen LogP contribution in [0.2, 0.25) is 0 Å². The van der Waals surface area contributed by atoms with Gasteiger partial charge in [0.15, 0.2) is 5.96 Å². The number of nitrogens with two attached hydrogens (primary N) is 1. The lowest BCUT2D eigenvalue weighted by atomic mass is 9.88. The molecule has 1 unspecified atom stereocenters. The van der Waals surface area contributed by atoms with E-state index < -0.39 is 6.04 Å². The highest BCUT2D eigenvalue weighted by Gasteiger charge is 2.36. The van der Waals surface area contributed by atoms with Crippen molar-refractivity contribution in [1.29, 1.82) is 5.41 Å². The molecule has 2 aliphatic rings. The molecule has 0 aromatic heterocycles. The number of hydrogen-bond donors (Lipinski definition) is 5. The summed E-state index contributed by atoms with van der Waals surface area (Å²) >= 11 is 0. The first kappa shape index (κ1) is 26.9. The van der Waals surface area contributed by atoms with Crippen LogP contribution in [0.5, 0.6) is 0 Å². The van der Waals surface area contributed by atoms with Gasteiger partial charge >= 0.3 is 0 Å². The lowest BCUT2D eigenvalue weighted by Crippen LogP contribution is -2.60. The highest BCUT2D eigenvalue weighted by molar-refractivity contribution is 5.86. The molecule has 1 heterocycles. The van der Waals surface area contributed by atoms with E-state index in [2.05, 4.69) is 40.2 Å². The molecule has 2 aromatic carbocycles. The second-order valence-corrected chi connectivity index (χ2v) is 10.7. The minimum atomic E-state index is -0.498. The molecule has 1 aliphatic heterocycles. The molecule has 6 N–H and O–H groups in total. The normalized spacial score (nSPS) is 21.9. The van der Waals surface area contributed by atoms with Crippen LogP contribution in [0.15, 0.2) is 42.5 Å². The molecular formula is C29H42N6O2. The third-order valence-electron chi connectivity index (χ3n) is 7.85. The number of guanidine groups is 1. The van der Waals surface area contributed by atoms with Crippen LogP contribution in [0.4, 0.5) is 0 Å². The summed E-state index contributed by atoms with van der Waals surface area (Å²) < 4.78 is 0. The number of hydrogen-bond acceptors (Lipinski definition) is 4. The number of rotatable bonds is 9. The predicted molar refractivity (Wildman–Crippen MR) is 148 cm³/mol. The highest BCUT2D eigenvalue weighted by Crippen LogP contribution is 2.25. The number of benzene rings is 2. The van der Waals surface area contributed by atoms with E-state index >= 15 is 0 Å². The molecule has 2 fully saturated rings. The van der Waals surface area contributed by atoms with E-state index in [1.807, 2.05) is 30.0 Å². The maximum Gasteiger partial charge on any atom is 0.241 e. The minimum absolute atomic E-state index is 0.0304. The molecule has 1 saturated heterocycles. The predicted octanol–water partition coefficient (Wildman–Crippen LogP) is 2.90. The highest BCUT2D eigenvalue weighted by atomic mass is 16.2. The Kier molecular flexibility index (Phi) is 9.39. The van der Waals surface area contributed by atoms with Crippen molar-refractivity contribution in [1.82, 2.24) is 20.9 Å². The molecule has 0 radical (unpaired) electrons. The van der Waals surface area contributed by atoms with Gasteiger partial charge in [0.25, 0.3) is 0 Å². The summed E-state index contributed by atoms with van der Waals surface area (Å²) in [5.74, 6) is 0.454.